The van der Waals surface area contributed by atoms with Crippen LogP contribution in [0, 0.1) is 11.7 Å². The van der Waals surface area contributed by atoms with Crippen LogP contribution < -0.4 is 4.74 Å². The van der Waals surface area contributed by atoms with Crippen molar-refractivity contribution >= 4 is 10.9 Å². The number of ether oxygens (including phenoxy) is 2. The average Bonchev–Trinajstić information content (AvgIpc) is 3.53. The van der Waals surface area contributed by atoms with E-state index in [1.807, 2.05) is 24.3 Å². The molecule has 3 atom stereocenters. The first-order chi connectivity index (χ1) is 16.7. The SMILES string of the molecule is Fc1ccc([S+](c2ccccc2)c2ccccc2)cc1OC1(C2CC3CCC2O3)CCCCC1. The van der Waals surface area contributed by atoms with Gasteiger partial charge in [0.15, 0.2) is 26.3 Å². The van der Waals surface area contributed by atoms with Crippen LogP contribution in [0.25, 0.3) is 0 Å². The molecule has 1 saturated carbocycles. The molecule has 0 aromatic heterocycles. The summed E-state index contributed by atoms with van der Waals surface area (Å²) >= 11 is 0. The Labute approximate surface area is 204 Å². The van der Waals surface area contributed by atoms with Gasteiger partial charge in [-0.05, 0) is 81.3 Å². The van der Waals surface area contributed by atoms with Crippen molar-refractivity contribution in [3.63, 3.8) is 0 Å². The predicted octanol–water partition coefficient (Wildman–Crippen LogP) is 7.57. The molecule has 2 nitrogen and oxygen atoms in total. The second-order valence-electron chi connectivity index (χ2n) is 9.97. The van der Waals surface area contributed by atoms with Gasteiger partial charge >= 0.3 is 0 Å². The van der Waals surface area contributed by atoms with E-state index in [2.05, 4.69) is 48.5 Å². The summed E-state index contributed by atoms with van der Waals surface area (Å²) in [7, 11) is -0.328. The maximum Gasteiger partial charge on any atom is 0.170 e. The van der Waals surface area contributed by atoms with Crippen molar-refractivity contribution < 1.29 is 13.9 Å². The highest BCUT2D eigenvalue weighted by atomic mass is 32.2. The molecule has 176 valence electrons. The molecule has 3 aliphatic rings. The van der Waals surface area contributed by atoms with Crippen LogP contribution in [0.1, 0.15) is 51.4 Å². The van der Waals surface area contributed by atoms with E-state index in [1.54, 1.807) is 6.07 Å². The summed E-state index contributed by atoms with van der Waals surface area (Å²) < 4.78 is 28.3. The van der Waals surface area contributed by atoms with Gasteiger partial charge in [0, 0.05) is 12.0 Å². The minimum Gasteiger partial charge on any atom is -0.484 e. The lowest BCUT2D eigenvalue weighted by Gasteiger charge is -2.44. The van der Waals surface area contributed by atoms with Gasteiger partial charge in [0.1, 0.15) is 5.60 Å². The summed E-state index contributed by atoms with van der Waals surface area (Å²) in [6, 6.07) is 26.5. The number of fused-ring (bicyclic) bond motifs is 2. The van der Waals surface area contributed by atoms with Crippen molar-refractivity contribution in [3.05, 3.63) is 84.7 Å². The molecule has 0 amide bonds. The number of benzene rings is 3. The molecule has 2 saturated heterocycles. The van der Waals surface area contributed by atoms with Gasteiger partial charge in [0.05, 0.1) is 23.1 Å². The highest BCUT2D eigenvalue weighted by molar-refractivity contribution is 7.97. The van der Waals surface area contributed by atoms with Crippen LogP contribution in [0.3, 0.4) is 0 Å². The third kappa shape index (κ3) is 4.16. The zero-order valence-corrected chi connectivity index (χ0v) is 20.3. The highest BCUT2D eigenvalue weighted by Gasteiger charge is 2.53. The Bertz CT molecular complexity index is 1070. The molecule has 34 heavy (non-hydrogen) atoms. The van der Waals surface area contributed by atoms with Gasteiger partial charge in [-0.1, -0.05) is 42.8 Å². The molecule has 2 heterocycles. The van der Waals surface area contributed by atoms with E-state index < -0.39 is 0 Å². The topological polar surface area (TPSA) is 18.5 Å². The smallest absolute Gasteiger partial charge is 0.170 e. The lowest BCUT2D eigenvalue weighted by molar-refractivity contribution is -0.0523. The predicted molar refractivity (Wildman–Crippen MR) is 134 cm³/mol. The van der Waals surface area contributed by atoms with Gasteiger partial charge in [-0.3, -0.25) is 0 Å². The molecule has 3 aromatic rings. The fourth-order valence-corrected chi connectivity index (χ4v) is 8.42. The fraction of sp³-hybridized carbons (Fsp3) is 0.400. The molecule has 3 unspecified atom stereocenters. The van der Waals surface area contributed by atoms with Crippen LogP contribution >= 0.6 is 0 Å². The Kier molecular flexibility index (Phi) is 6.13. The van der Waals surface area contributed by atoms with Crippen molar-refractivity contribution in [2.45, 2.75) is 83.9 Å². The van der Waals surface area contributed by atoms with Crippen LogP contribution in [0.15, 0.2) is 93.5 Å². The quantitative estimate of drug-likeness (QED) is 0.342. The van der Waals surface area contributed by atoms with E-state index in [0.29, 0.717) is 17.8 Å². The summed E-state index contributed by atoms with van der Waals surface area (Å²) in [5.74, 6) is 0.519. The van der Waals surface area contributed by atoms with Gasteiger partial charge in [0.25, 0.3) is 0 Å². The fourth-order valence-electron chi connectivity index (χ4n) is 6.32. The first kappa shape index (κ1) is 22.2. The Hall–Kier alpha value is -2.30. The van der Waals surface area contributed by atoms with Crippen molar-refractivity contribution in [2.24, 2.45) is 5.92 Å². The maximum atomic E-state index is 15.3. The molecule has 0 spiro atoms. The first-order valence-electron chi connectivity index (χ1n) is 12.7. The number of halogens is 1. The van der Waals surface area contributed by atoms with Crippen LogP contribution in [-0.2, 0) is 15.6 Å². The molecule has 3 fully saturated rings. The average molecular weight is 476 g/mol. The molecule has 6 rings (SSSR count). The Morgan fingerprint density at radius 3 is 2.06 bits per heavy atom. The van der Waals surface area contributed by atoms with Gasteiger partial charge in [-0.25, -0.2) is 4.39 Å². The van der Waals surface area contributed by atoms with Crippen LogP contribution in [0.2, 0.25) is 0 Å². The van der Waals surface area contributed by atoms with E-state index in [0.717, 1.165) is 49.8 Å². The highest BCUT2D eigenvalue weighted by Crippen LogP contribution is 2.51. The lowest BCUT2D eigenvalue weighted by Crippen LogP contribution is -2.49. The van der Waals surface area contributed by atoms with E-state index in [1.165, 1.54) is 16.2 Å². The summed E-state index contributed by atoms with van der Waals surface area (Å²) in [5.41, 5.74) is -0.310. The van der Waals surface area contributed by atoms with Gasteiger partial charge < -0.3 is 9.47 Å². The largest absolute Gasteiger partial charge is 0.484 e. The summed E-state index contributed by atoms with van der Waals surface area (Å²) in [6.07, 6.45) is 9.51. The summed E-state index contributed by atoms with van der Waals surface area (Å²) in [6.45, 7) is 0. The van der Waals surface area contributed by atoms with Crippen molar-refractivity contribution in [1.82, 2.24) is 0 Å². The monoisotopic (exact) mass is 475 g/mol. The molecule has 2 aliphatic heterocycles. The van der Waals surface area contributed by atoms with Crippen LogP contribution in [-0.4, -0.2) is 17.8 Å². The maximum absolute atomic E-state index is 15.3. The molecule has 0 N–H and O–H groups in total. The lowest BCUT2D eigenvalue weighted by atomic mass is 9.69. The van der Waals surface area contributed by atoms with E-state index in [4.69, 9.17) is 9.47 Å². The Morgan fingerprint density at radius 1 is 0.794 bits per heavy atom. The Balaban J connectivity index is 1.38. The molecule has 1 aliphatic carbocycles. The van der Waals surface area contributed by atoms with Crippen LogP contribution in [0.4, 0.5) is 4.39 Å². The van der Waals surface area contributed by atoms with E-state index >= 15 is 4.39 Å². The third-order valence-electron chi connectivity index (χ3n) is 7.89. The normalized spacial score (nSPS) is 25.5. The van der Waals surface area contributed by atoms with E-state index in [-0.39, 0.29) is 28.4 Å². The number of hydrogen-bond acceptors (Lipinski definition) is 2. The van der Waals surface area contributed by atoms with E-state index in [9.17, 15) is 0 Å². The number of hydrogen-bond donors (Lipinski definition) is 0. The van der Waals surface area contributed by atoms with Crippen molar-refractivity contribution in [3.8, 4) is 5.75 Å². The second-order valence-corrected chi connectivity index (χ2v) is 12.0. The zero-order chi connectivity index (χ0) is 23.0. The molecule has 4 heteroatoms. The van der Waals surface area contributed by atoms with Crippen molar-refractivity contribution in [2.75, 3.05) is 0 Å². The summed E-state index contributed by atoms with van der Waals surface area (Å²) in [4.78, 5) is 3.53. The van der Waals surface area contributed by atoms with Gasteiger partial charge in [0.2, 0.25) is 0 Å². The standard InChI is InChI=1S/C30H32FO2S/c31-27-16-15-25(34(23-10-4-1-5-11-23)24-12-6-2-7-13-24)21-29(27)33-30(18-8-3-9-19-30)26-20-22-14-17-28(26)32-22/h1-2,4-7,10-13,15-16,21-22,26,28H,3,8-9,14,17-20H2/q+1. The number of rotatable bonds is 6. The zero-order valence-electron chi connectivity index (χ0n) is 19.5. The molecule has 2 bridgehead atoms. The first-order valence-corrected chi connectivity index (χ1v) is 13.9. The minimum absolute atomic E-state index is 0.262. The minimum atomic E-state index is -0.328. The Morgan fingerprint density at radius 2 is 1.47 bits per heavy atom. The molecular weight excluding hydrogens is 443 g/mol. The van der Waals surface area contributed by atoms with Crippen LogP contribution in [0.5, 0.6) is 5.75 Å². The molecule has 0 radical (unpaired) electrons. The van der Waals surface area contributed by atoms with Gasteiger partial charge in [-0.15, -0.1) is 0 Å². The summed E-state index contributed by atoms with van der Waals surface area (Å²) in [5, 5.41) is 0. The molecule has 3 aromatic carbocycles. The third-order valence-corrected chi connectivity index (χ3v) is 10.1. The second kappa shape index (κ2) is 9.39. The van der Waals surface area contributed by atoms with Gasteiger partial charge in [-0.2, -0.15) is 0 Å². The van der Waals surface area contributed by atoms with Crippen molar-refractivity contribution in [1.29, 1.82) is 0 Å². The molecular formula is C30H32FO2S+.